The second-order valence-electron chi connectivity index (χ2n) is 4.26. The molecule has 0 aromatic heterocycles. The zero-order valence-corrected chi connectivity index (χ0v) is 13.8. The standard InChI is InChI=1S/C15H12Br2F2O/c1-20-15-7-9(16)5-6-10(15)12(17)8-11-13(18)3-2-4-14(11)19/h2-7,12H,8H2,1H3. The van der Waals surface area contributed by atoms with E-state index >= 15 is 0 Å². The molecule has 0 N–H and O–H groups in total. The fourth-order valence-corrected chi connectivity index (χ4v) is 3.00. The van der Waals surface area contributed by atoms with E-state index in [4.69, 9.17) is 4.74 Å². The summed E-state index contributed by atoms with van der Waals surface area (Å²) in [5, 5.41) is 0. The molecule has 106 valence electrons. The minimum Gasteiger partial charge on any atom is -0.496 e. The van der Waals surface area contributed by atoms with E-state index in [-0.39, 0.29) is 16.8 Å². The number of ether oxygens (including phenoxy) is 1. The Kier molecular flexibility index (Phi) is 5.16. The minimum atomic E-state index is -0.537. The molecule has 20 heavy (non-hydrogen) atoms. The van der Waals surface area contributed by atoms with Crippen molar-refractivity contribution in [2.24, 2.45) is 0 Å². The molecule has 5 heteroatoms. The van der Waals surface area contributed by atoms with E-state index in [2.05, 4.69) is 31.9 Å². The van der Waals surface area contributed by atoms with E-state index < -0.39 is 11.6 Å². The molecular formula is C15H12Br2F2O. The molecule has 0 radical (unpaired) electrons. The third kappa shape index (κ3) is 3.38. The molecule has 2 aromatic rings. The Morgan fingerprint density at radius 3 is 2.40 bits per heavy atom. The summed E-state index contributed by atoms with van der Waals surface area (Å²) in [6.07, 6.45) is 0.205. The van der Waals surface area contributed by atoms with Crippen LogP contribution in [0.3, 0.4) is 0 Å². The second kappa shape index (κ2) is 6.68. The first-order valence-electron chi connectivity index (χ1n) is 5.93. The van der Waals surface area contributed by atoms with Crippen molar-refractivity contribution in [1.29, 1.82) is 0 Å². The van der Waals surface area contributed by atoms with E-state index in [1.54, 1.807) is 7.11 Å². The Morgan fingerprint density at radius 1 is 1.15 bits per heavy atom. The van der Waals surface area contributed by atoms with Crippen molar-refractivity contribution in [2.75, 3.05) is 7.11 Å². The van der Waals surface area contributed by atoms with Crippen molar-refractivity contribution >= 4 is 31.9 Å². The van der Waals surface area contributed by atoms with E-state index in [9.17, 15) is 8.78 Å². The van der Waals surface area contributed by atoms with Crippen LogP contribution in [0.4, 0.5) is 8.78 Å². The van der Waals surface area contributed by atoms with E-state index in [0.717, 1.165) is 10.0 Å². The van der Waals surface area contributed by atoms with E-state index in [1.165, 1.54) is 18.2 Å². The van der Waals surface area contributed by atoms with Crippen LogP contribution in [-0.4, -0.2) is 7.11 Å². The number of benzene rings is 2. The monoisotopic (exact) mass is 404 g/mol. The molecule has 0 bridgehead atoms. The summed E-state index contributed by atoms with van der Waals surface area (Å²) < 4.78 is 33.5. The van der Waals surface area contributed by atoms with Gasteiger partial charge in [0.15, 0.2) is 0 Å². The SMILES string of the molecule is COc1cc(Br)ccc1C(Br)Cc1c(F)cccc1F. The summed E-state index contributed by atoms with van der Waals surface area (Å²) in [4.78, 5) is -0.239. The predicted molar refractivity (Wildman–Crippen MR) is 82.4 cm³/mol. The lowest BCUT2D eigenvalue weighted by molar-refractivity contribution is 0.409. The van der Waals surface area contributed by atoms with Gasteiger partial charge in [0.05, 0.1) is 7.11 Å². The average molecular weight is 406 g/mol. The first kappa shape index (κ1) is 15.4. The van der Waals surface area contributed by atoms with Crippen LogP contribution < -0.4 is 4.74 Å². The summed E-state index contributed by atoms with van der Waals surface area (Å²) in [6.45, 7) is 0. The molecule has 1 nitrogen and oxygen atoms in total. The van der Waals surface area contributed by atoms with Crippen LogP contribution in [0, 0.1) is 11.6 Å². The number of rotatable bonds is 4. The summed E-state index contributed by atoms with van der Waals surface area (Å²) in [5.41, 5.74) is 0.915. The molecule has 2 aromatic carbocycles. The van der Waals surface area contributed by atoms with Gasteiger partial charge in [-0.3, -0.25) is 0 Å². The molecule has 0 spiro atoms. The van der Waals surface area contributed by atoms with E-state index in [0.29, 0.717) is 5.75 Å². The number of alkyl halides is 1. The second-order valence-corrected chi connectivity index (χ2v) is 6.28. The van der Waals surface area contributed by atoms with Crippen LogP contribution in [0.5, 0.6) is 5.75 Å². The Morgan fingerprint density at radius 2 is 1.80 bits per heavy atom. The van der Waals surface area contributed by atoms with Gasteiger partial charge in [-0.25, -0.2) is 8.78 Å². The van der Waals surface area contributed by atoms with Gasteiger partial charge in [-0.1, -0.05) is 44.0 Å². The zero-order valence-electron chi connectivity index (χ0n) is 10.7. The van der Waals surface area contributed by atoms with Crippen molar-refractivity contribution in [3.05, 3.63) is 63.6 Å². The highest BCUT2D eigenvalue weighted by molar-refractivity contribution is 9.10. The summed E-state index contributed by atoms with van der Waals surface area (Å²) >= 11 is 6.84. The highest BCUT2D eigenvalue weighted by Crippen LogP contribution is 2.36. The van der Waals surface area contributed by atoms with Crippen molar-refractivity contribution < 1.29 is 13.5 Å². The van der Waals surface area contributed by atoms with Crippen LogP contribution in [0.25, 0.3) is 0 Å². The average Bonchev–Trinajstić information content (AvgIpc) is 2.42. The highest BCUT2D eigenvalue weighted by Gasteiger charge is 2.18. The van der Waals surface area contributed by atoms with Gasteiger partial charge in [-0.15, -0.1) is 0 Å². The van der Waals surface area contributed by atoms with Gasteiger partial charge >= 0.3 is 0 Å². The molecular weight excluding hydrogens is 394 g/mol. The van der Waals surface area contributed by atoms with Crippen molar-refractivity contribution in [3.8, 4) is 5.75 Å². The maximum Gasteiger partial charge on any atom is 0.129 e. The smallest absolute Gasteiger partial charge is 0.129 e. The normalized spacial score (nSPS) is 12.2. The summed E-state index contributed by atoms with van der Waals surface area (Å²) in [7, 11) is 1.56. The highest BCUT2D eigenvalue weighted by atomic mass is 79.9. The summed E-state index contributed by atoms with van der Waals surface area (Å²) in [6, 6.07) is 9.43. The van der Waals surface area contributed by atoms with E-state index in [1.807, 2.05) is 18.2 Å². The summed E-state index contributed by atoms with van der Waals surface area (Å²) in [5.74, 6) is -0.408. The van der Waals surface area contributed by atoms with Gasteiger partial charge in [0, 0.05) is 20.4 Å². The molecule has 1 unspecified atom stereocenters. The minimum absolute atomic E-state index is 0.0688. The van der Waals surface area contributed by atoms with Crippen LogP contribution in [-0.2, 0) is 6.42 Å². The van der Waals surface area contributed by atoms with Gasteiger partial charge in [-0.05, 0) is 30.7 Å². The molecule has 0 amide bonds. The number of hydrogen-bond donors (Lipinski definition) is 0. The van der Waals surface area contributed by atoms with Gasteiger partial charge < -0.3 is 4.74 Å². The van der Waals surface area contributed by atoms with Crippen LogP contribution in [0.15, 0.2) is 40.9 Å². The van der Waals surface area contributed by atoms with Crippen LogP contribution in [0.2, 0.25) is 0 Å². The lowest BCUT2D eigenvalue weighted by Crippen LogP contribution is -2.03. The first-order chi connectivity index (χ1) is 9.52. The fourth-order valence-electron chi connectivity index (χ4n) is 1.96. The quantitative estimate of drug-likeness (QED) is 0.617. The predicted octanol–water partition coefficient (Wildman–Crippen LogP) is 5.41. The lowest BCUT2D eigenvalue weighted by Gasteiger charge is -2.15. The molecule has 0 fully saturated rings. The van der Waals surface area contributed by atoms with Gasteiger partial charge in [0.2, 0.25) is 0 Å². The zero-order chi connectivity index (χ0) is 14.7. The number of methoxy groups -OCH3 is 1. The molecule has 1 atom stereocenters. The van der Waals surface area contributed by atoms with Crippen molar-refractivity contribution in [2.45, 2.75) is 11.2 Å². The molecule has 0 aliphatic carbocycles. The van der Waals surface area contributed by atoms with Crippen molar-refractivity contribution in [1.82, 2.24) is 0 Å². The van der Waals surface area contributed by atoms with Gasteiger partial charge in [0.25, 0.3) is 0 Å². The maximum absolute atomic E-state index is 13.7. The Hall–Kier alpha value is -0.940. The fraction of sp³-hybridized carbons (Fsp3) is 0.200. The molecule has 0 saturated carbocycles. The van der Waals surface area contributed by atoms with Gasteiger partial charge in [-0.2, -0.15) is 0 Å². The van der Waals surface area contributed by atoms with Gasteiger partial charge in [0.1, 0.15) is 17.4 Å². The van der Waals surface area contributed by atoms with Crippen molar-refractivity contribution in [3.63, 3.8) is 0 Å². The third-order valence-electron chi connectivity index (χ3n) is 2.98. The molecule has 0 aliphatic rings. The molecule has 2 rings (SSSR count). The Labute approximate surface area is 133 Å². The molecule has 0 heterocycles. The Bertz CT molecular complexity index is 597. The third-order valence-corrected chi connectivity index (χ3v) is 4.29. The Balaban J connectivity index is 2.31. The largest absolute Gasteiger partial charge is 0.496 e. The number of halogens is 4. The van der Waals surface area contributed by atoms with Crippen LogP contribution in [0.1, 0.15) is 16.0 Å². The number of hydrogen-bond acceptors (Lipinski definition) is 1. The molecule has 0 saturated heterocycles. The topological polar surface area (TPSA) is 9.23 Å². The van der Waals surface area contributed by atoms with Crippen LogP contribution >= 0.6 is 31.9 Å². The first-order valence-corrected chi connectivity index (χ1v) is 7.64. The lowest BCUT2D eigenvalue weighted by atomic mass is 10.0. The molecule has 0 aliphatic heterocycles. The maximum atomic E-state index is 13.7.